The van der Waals surface area contributed by atoms with Crippen LogP contribution in [0.1, 0.15) is 0 Å². The van der Waals surface area contributed by atoms with E-state index in [2.05, 4.69) is 235 Å². The first-order chi connectivity index (χ1) is 29.7. The van der Waals surface area contributed by atoms with E-state index in [0.29, 0.717) is 0 Å². The van der Waals surface area contributed by atoms with Crippen molar-refractivity contribution in [2.45, 2.75) is 0 Å². The molecule has 0 aliphatic carbocycles. The first-order valence-corrected chi connectivity index (χ1v) is 20.5. The highest BCUT2D eigenvalue weighted by Gasteiger charge is 2.17. The van der Waals surface area contributed by atoms with Gasteiger partial charge in [0.15, 0.2) is 0 Å². The van der Waals surface area contributed by atoms with Crippen molar-refractivity contribution >= 4 is 49.8 Å². The molecule has 11 aromatic rings. The van der Waals surface area contributed by atoms with Gasteiger partial charge in [0, 0.05) is 39.0 Å². The second kappa shape index (κ2) is 15.1. The van der Waals surface area contributed by atoms with E-state index in [1.54, 1.807) is 0 Å². The first-order valence-electron chi connectivity index (χ1n) is 20.5. The smallest absolute Gasteiger partial charge is 0.143 e. The molecular formula is C58H39NO. The van der Waals surface area contributed by atoms with E-state index in [1.807, 2.05) is 6.07 Å². The number of para-hydroxylation sites is 2. The predicted octanol–water partition coefficient (Wildman–Crippen LogP) is 16.5. The average molecular weight is 766 g/mol. The molecule has 0 unspecified atom stereocenters. The summed E-state index contributed by atoms with van der Waals surface area (Å²) in [5.41, 5.74) is 16.7. The van der Waals surface area contributed by atoms with Gasteiger partial charge in [0.05, 0.1) is 0 Å². The van der Waals surface area contributed by atoms with Gasteiger partial charge in [-0.1, -0.05) is 194 Å². The molecule has 2 nitrogen and oxygen atoms in total. The summed E-state index contributed by atoms with van der Waals surface area (Å²) in [6.45, 7) is 0. The lowest BCUT2D eigenvalue weighted by Crippen LogP contribution is -2.09. The van der Waals surface area contributed by atoms with Crippen molar-refractivity contribution in [1.82, 2.24) is 0 Å². The lowest BCUT2D eigenvalue weighted by molar-refractivity contribution is 0.671. The minimum atomic E-state index is 0.906. The zero-order chi connectivity index (χ0) is 39.8. The summed E-state index contributed by atoms with van der Waals surface area (Å²) in [6.07, 6.45) is 0. The molecule has 0 aliphatic rings. The van der Waals surface area contributed by atoms with Gasteiger partial charge >= 0.3 is 0 Å². The molecule has 0 atom stereocenters. The van der Waals surface area contributed by atoms with Crippen molar-refractivity contribution in [3.8, 4) is 55.6 Å². The molecule has 0 fully saturated rings. The van der Waals surface area contributed by atoms with Crippen LogP contribution in [-0.4, -0.2) is 0 Å². The highest BCUT2D eigenvalue weighted by molar-refractivity contribution is 6.13. The molecule has 0 bridgehead atoms. The van der Waals surface area contributed by atoms with Gasteiger partial charge < -0.3 is 9.32 Å². The minimum Gasteiger partial charge on any atom is -0.455 e. The second-order valence-corrected chi connectivity index (χ2v) is 15.3. The van der Waals surface area contributed by atoms with Crippen LogP contribution in [-0.2, 0) is 0 Å². The van der Waals surface area contributed by atoms with Crippen LogP contribution in [0.3, 0.4) is 0 Å². The van der Waals surface area contributed by atoms with Crippen molar-refractivity contribution < 1.29 is 4.42 Å². The molecule has 282 valence electrons. The number of benzene rings is 10. The van der Waals surface area contributed by atoms with Gasteiger partial charge in [0.2, 0.25) is 0 Å². The Bertz CT molecular complexity index is 3270. The molecule has 0 spiro atoms. The maximum absolute atomic E-state index is 6.77. The molecule has 0 amide bonds. The molecule has 0 saturated heterocycles. The van der Waals surface area contributed by atoms with E-state index in [1.165, 1.54) is 33.0 Å². The van der Waals surface area contributed by atoms with Crippen LogP contribution in [0.2, 0.25) is 0 Å². The SMILES string of the molecule is c1ccc(-c2ccc(N(c3ccc(-c4cccc(-c5cccc6c5oc5c(-c7ccccc7)cccc56)c4)cc3)c3ccc(-c4cccc5ccccc45)cc3)cc2)cc1. The molecule has 1 heterocycles. The predicted molar refractivity (Wildman–Crippen MR) is 253 cm³/mol. The fourth-order valence-electron chi connectivity index (χ4n) is 8.71. The molecule has 0 radical (unpaired) electrons. The van der Waals surface area contributed by atoms with Gasteiger partial charge in [0.25, 0.3) is 0 Å². The molecule has 0 saturated carbocycles. The first kappa shape index (κ1) is 35.2. The fraction of sp³-hybridized carbons (Fsp3) is 0. The Morgan fingerprint density at radius 1 is 0.250 bits per heavy atom. The van der Waals surface area contributed by atoms with Crippen molar-refractivity contribution in [3.05, 3.63) is 237 Å². The molecule has 11 rings (SSSR count). The van der Waals surface area contributed by atoms with Gasteiger partial charge in [0.1, 0.15) is 11.2 Å². The van der Waals surface area contributed by atoms with E-state index in [-0.39, 0.29) is 0 Å². The van der Waals surface area contributed by atoms with Crippen LogP contribution in [0.25, 0.3) is 88.3 Å². The van der Waals surface area contributed by atoms with Gasteiger partial charge in [-0.05, 0) is 97.7 Å². The highest BCUT2D eigenvalue weighted by Crippen LogP contribution is 2.42. The Morgan fingerprint density at radius 3 is 1.27 bits per heavy atom. The van der Waals surface area contributed by atoms with Crippen LogP contribution in [0.15, 0.2) is 241 Å². The lowest BCUT2D eigenvalue weighted by Gasteiger charge is -2.26. The summed E-state index contributed by atoms with van der Waals surface area (Å²) < 4.78 is 6.77. The largest absolute Gasteiger partial charge is 0.455 e. The average Bonchev–Trinajstić information content (AvgIpc) is 3.72. The van der Waals surface area contributed by atoms with Gasteiger partial charge in [-0.25, -0.2) is 0 Å². The van der Waals surface area contributed by atoms with Crippen molar-refractivity contribution in [2.75, 3.05) is 4.90 Å². The Balaban J connectivity index is 0.953. The summed E-state index contributed by atoms with van der Waals surface area (Å²) in [7, 11) is 0. The Hall–Kier alpha value is -7.94. The number of furan rings is 1. The molecule has 60 heavy (non-hydrogen) atoms. The van der Waals surface area contributed by atoms with Crippen LogP contribution in [0, 0.1) is 0 Å². The molecular weight excluding hydrogens is 727 g/mol. The summed E-state index contributed by atoms with van der Waals surface area (Å²) in [5.74, 6) is 0. The Labute approximate surface area is 349 Å². The second-order valence-electron chi connectivity index (χ2n) is 15.3. The van der Waals surface area contributed by atoms with E-state index in [0.717, 1.165) is 72.4 Å². The minimum absolute atomic E-state index is 0.906. The van der Waals surface area contributed by atoms with Crippen LogP contribution < -0.4 is 4.90 Å². The molecule has 2 heteroatoms. The number of nitrogens with zero attached hydrogens (tertiary/aromatic N) is 1. The third kappa shape index (κ3) is 6.41. The summed E-state index contributed by atoms with van der Waals surface area (Å²) >= 11 is 0. The third-order valence-corrected chi connectivity index (χ3v) is 11.7. The number of fused-ring (bicyclic) bond motifs is 4. The van der Waals surface area contributed by atoms with E-state index in [4.69, 9.17) is 4.42 Å². The van der Waals surface area contributed by atoms with Crippen LogP contribution in [0.5, 0.6) is 0 Å². The molecule has 0 N–H and O–H groups in total. The molecule has 1 aromatic heterocycles. The molecule has 0 aliphatic heterocycles. The Kier molecular flexibility index (Phi) is 8.87. The van der Waals surface area contributed by atoms with Crippen LogP contribution >= 0.6 is 0 Å². The van der Waals surface area contributed by atoms with E-state index >= 15 is 0 Å². The maximum Gasteiger partial charge on any atom is 0.143 e. The van der Waals surface area contributed by atoms with Crippen molar-refractivity contribution in [2.24, 2.45) is 0 Å². The summed E-state index contributed by atoms with van der Waals surface area (Å²) in [5, 5.41) is 4.75. The van der Waals surface area contributed by atoms with Gasteiger partial charge in [-0.3, -0.25) is 0 Å². The van der Waals surface area contributed by atoms with Crippen molar-refractivity contribution in [1.29, 1.82) is 0 Å². The quantitative estimate of drug-likeness (QED) is 0.153. The number of hydrogen-bond donors (Lipinski definition) is 0. The maximum atomic E-state index is 6.77. The standard InChI is InChI=1S/C58H39NO/c1-3-13-40(14-4-1)41-27-33-48(34-28-41)59(50-37-31-45(32-38-50)52-22-10-18-43-17-7-8-21-51(43)52)49-35-29-42(30-36-49)46-19-9-20-47(39-46)54-24-12-26-56-55-25-11-23-53(57(55)60-58(54)56)44-15-5-2-6-16-44/h1-39H. The highest BCUT2D eigenvalue weighted by atomic mass is 16.3. The van der Waals surface area contributed by atoms with Crippen LogP contribution in [0.4, 0.5) is 17.1 Å². The van der Waals surface area contributed by atoms with E-state index < -0.39 is 0 Å². The van der Waals surface area contributed by atoms with E-state index in [9.17, 15) is 0 Å². The van der Waals surface area contributed by atoms with Crippen molar-refractivity contribution in [3.63, 3.8) is 0 Å². The third-order valence-electron chi connectivity index (χ3n) is 11.7. The lowest BCUT2D eigenvalue weighted by atomic mass is 9.97. The monoisotopic (exact) mass is 765 g/mol. The number of rotatable bonds is 8. The Morgan fingerprint density at radius 2 is 0.633 bits per heavy atom. The topological polar surface area (TPSA) is 16.4 Å². The number of hydrogen-bond acceptors (Lipinski definition) is 2. The zero-order valence-corrected chi connectivity index (χ0v) is 32.9. The normalized spacial score (nSPS) is 11.3. The number of anilines is 3. The molecule has 10 aromatic carbocycles. The van der Waals surface area contributed by atoms with Gasteiger partial charge in [-0.15, -0.1) is 0 Å². The zero-order valence-electron chi connectivity index (χ0n) is 32.9. The summed E-state index contributed by atoms with van der Waals surface area (Å²) in [4.78, 5) is 2.34. The summed E-state index contributed by atoms with van der Waals surface area (Å²) in [6, 6.07) is 84.6. The van der Waals surface area contributed by atoms with Gasteiger partial charge in [-0.2, -0.15) is 0 Å². The fourth-order valence-corrected chi connectivity index (χ4v) is 8.71.